The molecule has 1 aliphatic heterocycles. The lowest BCUT2D eigenvalue weighted by Gasteiger charge is -2.10. The Bertz CT molecular complexity index is 242. The second kappa shape index (κ2) is 6.32. The summed E-state index contributed by atoms with van der Waals surface area (Å²) in [5.41, 5.74) is 1.65. The fourth-order valence-corrected chi connectivity index (χ4v) is 2.97. The molecule has 1 heterocycles. The van der Waals surface area contributed by atoms with Crippen molar-refractivity contribution in [2.45, 2.75) is 71.1 Å². The summed E-state index contributed by atoms with van der Waals surface area (Å²) in [4.78, 5) is 0. The predicted molar refractivity (Wildman–Crippen MR) is 68.3 cm³/mol. The lowest BCUT2D eigenvalue weighted by atomic mass is 9.94. The first-order valence-corrected chi connectivity index (χ1v) is 7.22. The summed E-state index contributed by atoms with van der Waals surface area (Å²) in [7, 11) is 0. The van der Waals surface area contributed by atoms with Crippen molar-refractivity contribution in [1.82, 2.24) is 0 Å². The van der Waals surface area contributed by atoms with Crippen molar-refractivity contribution in [3.63, 3.8) is 0 Å². The van der Waals surface area contributed by atoms with Gasteiger partial charge in [-0.2, -0.15) is 0 Å². The minimum atomic E-state index is 0.693. The zero-order valence-corrected chi connectivity index (χ0v) is 10.8. The van der Waals surface area contributed by atoms with Crippen molar-refractivity contribution in [2.75, 3.05) is 6.61 Å². The van der Waals surface area contributed by atoms with Crippen molar-refractivity contribution < 1.29 is 4.74 Å². The molecular formula is C15H26O. The Morgan fingerprint density at radius 1 is 0.812 bits per heavy atom. The molecule has 0 aromatic rings. The Kier molecular flexibility index (Phi) is 4.74. The number of hydrogen-bond donors (Lipinski definition) is 0. The summed E-state index contributed by atoms with van der Waals surface area (Å²) in [6, 6.07) is 0. The summed E-state index contributed by atoms with van der Waals surface area (Å²) in [6.45, 7) is 3.28. The standard InChI is InChI=1S/C15H26O/c1-13-12-16-15-11-9-7-5-3-2-4-6-8-10-14(13)15/h13H,2-12H2,1H3. The fourth-order valence-electron chi connectivity index (χ4n) is 2.97. The largest absolute Gasteiger partial charge is 0.497 e. The molecule has 0 amide bonds. The summed E-state index contributed by atoms with van der Waals surface area (Å²) < 4.78 is 5.85. The predicted octanol–water partition coefficient (Wildman–Crippen LogP) is 4.82. The van der Waals surface area contributed by atoms with Crippen molar-refractivity contribution in [2.24, 2.45) is 5.92 Å². The summed E-state index contributed by atoms with van der Waals surface area (Å²) in [5, 5.41) is 0. The Balaban J connectivity index is 1.93. The van der Waals surface area contributed by atoms with Gasteiger partial charge in [0.25, 0.3) is 0 Å². The third-order valence-corrected chi connectivity index (χ3v) is 4.06. The molecule has 0 aromatic heterocycles. The van der Waals surface area contributed by atoms with Crippen molar-refractivity contribution in [3.8, 4) is 0 Å². The maximum absolute atomic E-state index is 5.85. The molecule has 0 bridgehead atoms. The van der Waals surface area contributed by atoms with E-state index in [-0.39, 0.29) is 0 Å². The topological polar surface area (TPSA) is 9.23 Å². The lowest BCUT2D eigenvalue weighted by Crippen LogP contribution is -1.98. The van der Waals surface area contributed by atoms with Gasteiger partial charge in [0.15, 0.2) is 0 Å². The molecule has 1 aliphatic carbocycles. The third kappa shape index (κ3) is 3.26. The van der Waals surface area contributed by atoms with E-state index in [2.05, 4.69) is 6.92 Å². The molecule has 1 unspecified atom stereocenters. The van der Waals surface area contributed by atoms with Gasteiger partial charge in [0.1, 0.15) is 0 Å². The van der Waals surface area contributed by atoms with E-state index in [1.165, 1.54) is 70.0 Å². The molecule has 1 atom stereocenters. The Hall–Kier alpha value is -0.460. The Morgan fingerprint density at radius 2 is 1.38 bits per heavy atom. The molecule has 0 aromatic carbocycles. The van der Waals surface area contributed by atoms with Crippen LogP contribution in [0.2, 0.25) is 0 Å². The molecule has 0 saturated carbocycles. The first-order chi connectivity index (χ1) is 7.88. The summed E-state index contributed by atoms with van der Waals surface area (Å²) in [5.74, 6) is 2.06. The van der Waals surface area contributed by atoms with Gasteiger partial charge in [-0.1, -0.05) is 45.4 Å². The van der Waals surface area contributed by atoms with Crippen LogP contribution >= 0.6 is 0 Å². The van der Waals surface area contributed by atoms with Crippen LogP contribution < -0.4 is 0 Å². The molecule has 0 saturated heterocycles. The van der Waals surface area contributed by atoms with Gasteiger partial charge in [-0.05, 0) is 24.8 Å². The van der Waals surface area contributed by atoms with Crippen LogP contribution in [-0.4, -0.2) is 6.61 Å². The third-order valence-electron chi connectivity index (χ3n) is 4.06. The van der Waals surface area contributed by atoms with E-state index in [9.17, 15) is 0 Å². The van der Waals surface area contributed by atoms with E-state index in [0.717, 1.165) is 6.61 Å². The highest BCUT2D eigenvalue weighted by Gasteiger charge is 2.22. The highest BCUT2D eigenvalue weighted by atomic mass is 16.5. The molecule has 0 spiro atoms. The minimum Gasteiger partial charge on any atom is -0.497 e. The second-order valence-corrected chi connectivity index (χ2v) is 5.49. The van der Waals surface area contributed by atoms with E-state index in [0.29, 0.717) is 5.92 Å². The number of hydrogen-bond acceptors (Lipinski definition) is 1. The Morgan fingerprint density at radius 3 is 2.06 bits per heavy atom. The molecule has 0 fully saturated rings. The minimum absolute atomic E-state index is 0.693. The normalized spacial score (nSPS) is 28.9. The van der Waals surface area contributed by atoms with E-state index >= 15 is 0 Å². The molecule has 92 valence electrons. The van der Waals surface area contributed by atoms with E-state index in [1.54, 1.807) is 5.57 Å². The van der Waals surface area contributed by atoms with Crippen LogP contribution in [0.5, 0.6) is 0 Å². The smallest absolute Gasteiger partial charge is 0.0956 e. The van der Waals surface area contributed by atoms with Gasteiger partial charge in [-0.15, -0.1) is 0 Å². The van der Waals surface area contributed by atoms with E-state index in [4.69, 9.17) is 4.74 Å². The molecule has 16 heavy (non-hydrogen) atoms. The fraction of sp³-hybridized carbons (Fsp3) is 0.867. The van der Waals surface area contributed by atoms with Crippen LogP contribution in [-0.2, 0) is 4.74 Å². The quantitative estimate of drug-likeness (QED) is 0.571. The van der Waals surface area contributed by atoms with Crippen LogP contribution in [0.3, 0.4) is 0 Å². The van der Waals surface area contributed by atoms with Gasteiger partial charge in [-0.25, -0.2) is 0 Å². The van der Waals surface area contributed by atoms with Crippen molar-refractivity contribution >= 4 is 0 Å². The summed E-state index contributed by atoms with van der Waals surface area (Å²) in [6.07, 6.45) is 13.8. The highest BCUT2D eigenvalue weighted by Crippen LogP contribution is 2.32. The van der Waals surface area contributed by atoms with Crippen LogP contribution in [0.25, 0.3) is 0 Å². The molecule has 0 radical (unpaired) electrons. The zero-order chi connectivity index (χ0) is 11.2. The molecule has 1 nitrogen and oxygen atoms in total. The first kappa shape index (κ1) is 12.0. The Labute approximate surface area is 100 Å². The zero-order valence-electron chi connectivity index (χ0n) is 10.8. The maximum Gasteiger partial charge on any atom is 0.0956 e. The maximum atomic E-state index is 5.85. The number of ether oxygens (including phenoxy) is 1. The van der Waals surface area contributed by atoms with Gasteiger partial charge in [0.05, 0.1) is 12.4 Å². The van der Waals surface area contributed by atoms with Gasteiger partial charge in [-0.3, -0.25) is 0 Å². The highest BCUT2D eigenvalue weighted by molar-refractivity contribution is 5.16. The van der Waals surface area contributed by atoms with Gasteiger partial charge < -0.3 is 4.74 Å². The van der Waals surface area contributed by atoms with Crippen LogP contribution in [0.4, 0.5) is 0 Å². The number of allylic oxidation sites excluding steroid dienone is 1. The molecule has 2 aliphatic rings. The van der Waals surface area contributed by atoms with E-state index in [1.807, 2.05) is 0 Å². The molecule has 1 heteroatoms. The first-order valence-electron chi connectivity index (χ1n) is 7.22. The van der Waals surface area contributed by atoms with Crippen LogP contribution in [0.15, 0.2) is 11.3 Å². The summed E-state index contributed by atoms with van der Waals surface area (Å²) >= 11 is 0. The van der Waals surface area contributed by atoms with Crippen LogP contribution in [0.1, 0.15) is 71.1 Å². The van der Waals surface area contributed by atoms with E-state index < -0.39 is 0 Å². The SMILES string of the molecule is CC1COC2=C1CCCCCCCCCC2. The van der Waals surface area contributed by atoms with Crippen molar-refractivity contribution in [1.29, 1.82) is 0 Å². The molecule has 0 N–H and O–H groups in total. The molecular weight excluding hydrogens is 196 g/mol. The van der Waals surface area contributed by atoms with Crippen LogP contribution in [0, 0.1) is 5.92 Å². The van der Waals surface area contributed by atoms with Gasteiger partial charge >= 0.3 is 0 Å². The monoisotopic (exact) mass is 222 g/mol. The average Bonchev–Trinajstić information content (AvgIpc) is 2.60. The van der Waals surface area contributed by atoms with Gasteiger partial charge in [0, 0.05) is 12.3 Å². The molecule has 2 rings (SSSR count). The average molecular weight is 222 g/mol. The lowest BCUT2D eigenvalue weighted by molar-refractivity contribution is 0.212. The second-order valence-electron chi connectivity index (χ2n) is 5.49. The number of rotatable bonds is 0. The van der Waals surface area contributed by atoms with Gasteiger partial charge in [0.2, 0.25) is 0 Å². The van der Waals surface area contributed by atoms with Crippen molar-refractivity contribution in [3.05, 3.63) is 11.3 Å².